The first kappa shape index (κ1) is 12.1. The number of pyridine rings is 1. The van der Waals surface area contributed by atoms with E-state index in [0.717, 1.165) is 6.20 Å². The second-order valence-electron chi connectivity index (χ2n) is 2.77. The van der Waals surface area contributed by atoms with Gasteiger partial charge in [0.05, 0.1) is 0 Å². The van der Waals surface area contributed by atoms with E-state index in [1.54, 1.807) is 0 Å². The molecule has 0 unspecified atom stereocenters. The Balaban J connectivity index is 3.17. The molecule has 0 amide bonds. The maximum atomic E-state index is 11.9. The molecule has 0 saturated heterocycles. The minimum absolute atomic E-state index is 0.170. The zero-order chi connectivity index (χ0) is 11.6. The van der Waals surface area contributed by atoms with Gasteiger partial charge in [-0.15, -0.1) is 13.2 Å². The van der Waals surface area contributed by atoms with Crippen molar-refractivity contribution in [1.29, 1.82) is 0 Å². The molecule has 0 saturated carbocycles. The van der Waals surface area contributed by atoms with Gasteiger partial charge in [-0.05, 0) is 6.92 Å². The average molecular weight is 286 g/mol. The van der Waals surface area contributed by atoms with Crippen molar-refractivity contribution in [2.45, 2.75) is 18.6 Å². The summed E-state index contributed by atoms with van der Waals surface area (Å²) in [6, 6.07) is 0. The van der Waals surface area contributed by atoms with Crippen molar-refractivity contribution in [2.24, 2.45) is 0 Å². The maximum Gasteiger partial charge on any atom is 0.573 e. The van der Waals surface area contributed by atoms with Gasteiger partial charge >= 0.3 is 6.36 Å². The van der Waals surface area contributed by atoms with Gasteiger partial charge in [-0.3, -0.25) is 4.79 Å². The SMILES string of the molecule is Cc1c(OC(F)(F)F)c[nH]c(=O)c1CBr. The number of hydrogen-bond donors (Lipinski definition) is 1. The first-order chi connectivity index (χ1) is 6.85. The molecule has 84 valence electrons. The molecule has 0 aliphatic carbocycles. The molecule has 0 fully saturated rings. The van der Waals surface area contributed by atoms with Crippen molar-refractivity contribution in [1.82, 2.24) is 4.98 Å². The third-order valence-electron chi connectivity index (χ3n) is 1.79. The van der Waals surface area contributed by atoms with Crippen LogP contribution in [0.25, 0.3) is 0 Å². The number of nitrogens with one attached hydrogen (secondary N) is 1. The molecule has 3 nitrogen and oxygen atoms in total. The first-order valence-corrected chi connectivity index (χ1v) is 5.00. The van der Waals surface area contributed by atoms with Crippen LogP contribution in [0.5, 0.6) is 5.75 Å². The van der Waals surface area contributed by atoms with E-state index in [2.05, 4.69) is 25.7 Å². The van der Waals surface area contributed by atoms with Gasteiger partial charge in [-0.1, -0.05) is 15.9 Å². The molecule has 0 aromatic carbocycles. The summed E-state index contributed by atoms with van der Waals surface area (Å²) in [6.07, 6.45) is -3.86. The van der Waals surface area contributed by atoms with E-state index in [0.29, 0.717) is 0 Å². The predicted molar refractivity (Wildman–Crippen MR) is 51.1 cm³/mol. The summed E-state index contributed by atoms with van der Waals surface area (Å²) >= 11 is 3.02. The largest absolute Gasteiger partial charge is 0.573 e. The number of aromatic amines is 1. The molecule has 0 radical (unpaired) electrons. The highest BCUT2D eigenvalue weighted by Crippen LogP contribution is 2.26. The standard InChI is InChI=1S/C8H7BrF3NO2/c1-4-5(2-9)7(14)13-3-6(4)15-8(10,11)12/h3H,2H2,1H3,(H,13,14). The van der Waals surface area contributed by atoms with Gasteiger partial charge in [-0.25, -0.2) is 0 Å². The van der Waals surface area contributed by atoms with Crippen molar-refractivity contribution in [2.75, 3.05) is 0 Å². The van der Waals surface area contributed by atoms with E-state index in [4.69, 9.17) is 0 Å². The molecule has 1 aromatic heterocycles. The van der Waals surface area contributed by atoms with Gasteiger partial charge in [0.15, 0.2) is 0 Å². The van der Waals surface area contributed by atoms with Crippen molar-refractivity contribution in [3.8, 4) is 5.75 Å². The topological polar surface area (TPSA) is 42.1 Å². The number of alkyl halides is 4. The van der Waals surface area contributed by atoms with Gasteiger partial charge < -0.3 is 9.72 Å². The van der Waals surface area contributed by atoms with Crippen LogP contribution in [0.3, 0.4) is 0 Å². The highest BCUT2D eigenvalue weighted by atomic mass is 79.9. The lowest BCUT2D eigenvalue weighted by Gasteiger charge is -2.12. The molecule has 0 aliphatic rings. The Bertz CT molecular complexity index is 413. The molecule has 0 bridgehead atoms. The number of H-pyrrole nitrogens is 1. The van der Waals surface area contributed by atoms with Gasteiger partial charge in [0.25, 0.3) is 5.56 Å². The van der Waals surface area contributed by atoms with Crippen LogP contribution in [-0.4, -0.2) is 11.3 Å². The highest BCUT2D eigenvalue weighted by molar-refractivity contribution is 9.08. The van der Waals surface area contributed by atoms with Crippen LogP contribution in [0.2, 0.25) is 0 Å². The summed E-state index contributed by atoms with van der Waals surface area (Å²) in [5.41, 5.74) is -0.0383. The van der Waals surface area contributed by atoms with Crippen LogP contribution in [0.15, 0.2) is 11.0 Å². The molecule has 0 atom stereocenters. The van der Waals surface area contributed by atoms with Gasteiger partial charge in [-0.2, -0.15) is 0 Å². The van der Waals surface area contributed by atoms with Crippen molar-refractivity contribution in [3.63, 3.8) is 0 Å². The van der Waals surface area contributed by atoms with Crippen LogP contribution in [0.4, 0.5) is 13.2 Å². The molecule has 1 aromatic rings. The second-order valence-corrected chi connectivity index (χ2v) is 3.33. The quantitative estimate of drug-likeness (QED) is 0.849. The lowest BCUT2D eigenvalue weighted by atomic mass is 10.2. The normalized spacial score (nSPS) is 11.5. The lowest BCUT2D eigenvalue weighted by Crippen LogP contribution is -2.21. The number of aromatic nitrogens is 1. The molecule has 1 rings (SSSR count). The third kappa shape index (κ3) is 2.98. The van der Waals surface area contributed by atoms with Crippen molar-refractivity contribution < 1.29 is 17.9 Å². The molecule has 7 heteroatoms. The number of hydrogen-bond acceptors (Lipinski definition) is 2. The molecule has 0 aliphatic heterocycles. The van der Waals surface area contributed by atoms with E-state index in [-0.39, 0.29) is 16.5 Å². The van der Waals surface area contributed by atoms with E-state index in [1.165, 1.54) is 6.92 Å². The summed E-state index contributed by atoms with van der Waals surface area (Å²) < 4.78 is 39.5. The number of halogens is 4. The summed E-state index contributed by atoms with van der Waals surface area (Å²) in [6.45, 7) is 1.40. The van der Waals surface area contributed by atoms with Crippen LogP contribution in [-0.2, 0) is 5.33 Å². The number of ether oxygens (including phenoxy) is 1. The molecule has 1 heterocycles. The van der Waals surface area contributed by atoms with E-state index >= 15 is 0 Å². The first-order valence-electron chi connectivity index (χ1n) is 3.88. The minimum atomic E-state index is -4.76. The summed E-state index contributed by atoms with van der Waals surface area (Å²) in [4.78, 5) is 13.3. The number of rotatable bonds is 2. The Morgan fingerprint density at radius 1 is 1.53 bits per heavy atom. The minimum Gasteiger partial charge on any atom is -0.404 e. The second kappa shape index (κ2) is 4.26. The Hall–Kier alpha value is -0.980. The zero-order valence-electron chi connectivity index (χ0n) is 7.61. The Morgan fingerprint density at radius 2 is 2.13 bits per heavy atom. The van der Waals surface area contributed by atoms with Crippen LogP contribution >= 0.6 is 15.9 Å². The molecule has 1 N–H and O–H groups in total. The summed E-state index contributed by atoms with van der Waals surface area (Å²) in [7, 11) is 0. The van der Waals surface area contributed by atoms with Crippen LogP contribution < -0.4 is 10.3 Å². The van der Waals surface area contributed by atoms with Gasteiger partial charge in [0, 0.05) is 22.7 Å². The summed E-state index contributed by atoms with van der Waals surface area (Å²) in [5.74, 6) is -0.392. The van der Waals surface area contributed by atoms with Gasteiger partial charge in [0.1, 0.15) is 5.75 Å². The predicted octanol–water partition coefficient (Wildman–Crippen LogP) is 2.48. The van der Waals surface area contributed by atoms with E-state index in [1.807, 2.05) is 0 Å². The highest BCUT2D eigenvalue weighted by Gasteiger charge is 2.32. The summed E-state index contributed by atoms with van der Waals surface area (Å²) in [5, 5.41) is 0.170. The third-order valence-corrected chi connectivity index (χ3v) is 2.35. The van der Waals surface area contributed by atoms with Gasteiger partial charge in [0.2, 0.25) is 0 Å². The fourth-order valence-corrected chi connectivity index (χ4v) is 1.71. The fraction of sp³-hybridized carbons (Fsp3) is 0.375. The van der Waals surface area contributed by atoms with Crippen LogP contribution in [0.1, 0.15) is 11.1 Å². The average Bonchev–Trinajstić information content (AvgIpc) is 2.09. The Labute approximate surface area is 91.4 Å². The Morgan fingerprint density at radius 3 is 2.60 bits per heavy atom. The zero-order valence-corrected chi connectivity index (χ0v) is 9.20. The van der Waals surface area contributed by atoms with Crippen molar-refractivity contribution in [3.05, 3.63) is 27.7 Å². The van der Waals surface area contributed by atoms with E-state index < -0.39 is 17.7 Å². The Kier molecular flexibility index (Phi) is 3.43. The monoisotopic (exact) mass is 285 g/mol. The smallest absolute Gasteiger partial charge is 0.404 e. The fourth-order valence-electron chi connectivity index (χ4n) is 1.04. The maximum absolute atomic E-state index is 11.9. The molecular weight excluding hydrogens is 279 g/mol. The van der Waals surface area contributed by atoms with Crippen LogP contribution in [0, 0.1) is 6.92 Å². The molecule has 15 heavy (non-hydrogen) atoms. The van der Waals surface area contributed by atoms with Crippen molar-refractivity contribution >= 4 is 15.9 Å². The molecule has 0 spiro atoms. The van der Waals surface area contributed by atoms with E-state index in [9.17, 15) is 18.0 Å². The molecular formula is C8H7BrF3NO2. The lowest BCUT2D eigenvalue weighted by molar-refractivity contribution is -0.275.